The molecule has 1 unspecified atom stereocenters. The summed E-state index contributed by atoms with van der Waals surface area (Å²) in [5, 5.41) is 0. The van der Waals surface area contributed by atoms with Crippen molar-refractivity contribution in [3.63, 3.8) is 0 Å². The molecule has 2 saturated carbocycles. The summed E-state index contributed by atoms with van der Waals surface area (Å²) in [7, 11) is 0. The smallest absolute Gasteiger partial charge is 0.330 e. The third-order valence-electron chi connectivity index (χ3n) is 4.79. The highest BCUT2D eigenvalue weighted by atomic mass is 16.5. The topological polar surface area (TPSA) is 26.3 Å². The molecule has 0 aromatic rings. The molecule has 3 aliphatic rings. The van der Waals surface area contributed by atoms with Crippen LogP contribution in [0.2, 0.25) is 0 Å². The molecule has 2 fully saturated rings. The molecular formula is C13H18O2. The van der Waals surface area contributed by atoms with Gasteiger partial charge in [0.1, 0.15) is 0 Å². The number of allylic oxidation sites excluding steroid dienone is 1. The van der Waals surface area contributed by atoms with E-state index in [1.54, 1.807) is 0 Å². The highest BCUT2D eigenvalue weighted by molar-refractivity contribution is 5.83. The van der Waals surface area contributed by atoms with Crippen LogP contribution in [0.1, 0.15) is 39.0 Å². The number of hydrogen-bond donors (Lipinski definition) is 0. The molecule has 0 spiro atoms. The van der Waals surface area contributed by atoms with Crippen LogP contribution in [-0.2, 0) is 9.53 Å². The quantitative estimate of drug-likeness (QED) is 0.570. The van der Waals surface area contributed by atoms with Gasteiger partial charge in [0.05, 0.1) is 6.61 Å². The van der Waals surface area contributed by atoms with Crippen LogP contribution in [-0.4, -0.2) is 12.6 Å². The lowest BCUT2D eigenvalue weighted by molar-refractivity contribution is -0.138. The van der Waals surface area contributed by atoms with E-state index >= 15 is 0 Å². The normalized spacial score (nSPS) is 47.5. The minimum Gasteiger partial charge on any atom is -0.463 e. The largest absolute Gasteiger partial charge is 0.463 e. The van der Waals surface area contributed by atoms with E-state index < -0.39 is 0 Å². The van der Waals surface area contributed by atoms with Gasteiger partial charge in [0.2, 0.25) is 0 Å². The zero-order chi connectivity index (χ0) is 10.5. The average Bonchev–Trinajstić information content (AvgIpc) is 2.74. The standard InChI is InChI=1S/C13H18O2/c1-13-5-2-6-15-12(14)8-11(13)9-3-4-10(13)7-9/h8-10H,2-7H2,1H3/b11-8-/t9-,10+,13?/m0/s1. The van der Waals surface area contributed by atoms with E-state index in [0.29, 0.717) is 17.9 Å². The lowest BCUT2D eigenvalue weighted by atomic mass is 9.68. The number of rotatable bonds is 0. The van der Waals surface area contributed by atoms with Crippen molar-refractivity contribution in [2.24, 2.45) is 17.3 Å². The van der Waals surface area contributed by atoms with Crippen LogP contribution in [0.25, 0.3) is 0 Å². The summed E-state index contributed by atoms with van der Waals surface area (Å²) in [5.41, 5.74) is 1.73. The maximum Gasteiger partial charge on any atom is 0.330 e. The highest BCUT2D eigenvalue weighted by Crippen LogP contribution is 2.61. The Morgan fingerprint density at radius 2 is 2.33 bits per heavy atom. The molecule has 3 rings (SSSR count). The maximum absolute atomic E-state index is 11.5. The van der Waals surface area contributed by atoms with E-state index in [-0.39, 0.29) is 5.97 Å². The van der Waals surface area contributed by atoms with Crippen LogP contribution < -0.4 is 0 Å². The van der Waals surface area contributed by atoms with Crippen molar-refractivity contribution in [3.05, 3.63) is 11.6 Å². The molecule has 1 aliphatic heterocycles. The van der Waals surface area contributed by atoms with Gasteiger partial charge in [-0.3, -0.25) is 0 Å². The first-order valence-corrected chi connectivity index (χ1v) is 6.09. The minimum absolute atomic E-state index is 0.108. The Labute approximate surface area is 90.7 Å². The number of carbonyl (C=O) groups is 1. The molecule has 2 aliphatic carbocycles. The van der Waals surface area contributed by atoms with Crippen molar-refractivity contribution in [1.29, 1.82) is 0 Å². The third-order valence-corrected chi connectivity index (χ3v) is 4.79. The number of esters is 1. The van der Waals surface area contributed by atoms with Crippen LogP contribution in [0, 0.1) is 17.3 Å². The summed E-state index contributed by atoms with van der Waals surface area (Å²) < 4.78 is 5.13. The predicted molar refractivity (Wildman–Crippen MR) is 57.2 cm³/mol. The highest BCUT2D eigenvalue weighted by Gasteiger charge is 2.51. The van der Waals surface area contributed by atoms with Gasteiger partial charge in [0, 0.05) is 6.08 Å². The fraction of sp³-hybridized carbons (Fsp3) is 0.769. The van der Waals surface area contributed by atoms with Crippen molar-refractivity contribution in [3.8, 4) is 0 Å². The second-order valence-electron chi connectivity index (χ2n) is 5.50. The zero-order valence-electron chi connectivity index (χ0n) is 9.29. The van der Waals surface area contributed by atoms with Gasteiger partial charge in [0.25, 0.3) is 0 Å². The van der Waals surface area contributed by atoms with Crippen LogP contribution in [0.3, 0.4) is 0 Å². The van der Waals surface area contributed by atoms with E-state index in [4.69, 9.17) is 4.74 Å². The second-order valence-corrected chi connectivity index (χ2v) is 5.50. The molecule has 1 heterocycles. The molecule has 0 aromatic heterocycles. The van der Waals surface area contributed by atoms with Crippen molar-refractivity contribution >= 4 is 5.97 Å². The summed E-state index contributed by atoms with van der Waals surface area (Å²) >= 11 is 0. The summed E-state index contributed by atoms with van der Waals surface area (Å²) in [6, 6.07) is 0. The third kappa shape index (κ3) is 1.27. The first-order valence-electron chi connectivity index (χ1n) is 6.09. The zero-order valence-corrected chi connectivity index (χ0v) is 9.29. The van der Waals surface area contributed by atoms with Crippen molar-refractivity contribution in [1.82, 2.24) is 0 Å². The Hall–Kier alpha value is -0.790. The molecule has 3 atom stereocenters. The predicted octanol–water partition coefficient (Wildman–Crippen LogP) is 2.69. The van der Waals surface area contributed by atoms with Gasteiger partial charge in [-0.2, -0.15) is 0 Å². The van der Waals surface area contributed by atoms with Gasteiger partial charge in [-0.15, -0.1) is 0 Å². The summed E-state index contributed by atoms with van der Waals surface area (Å²) in [6.07, 6.45) is 8.02. The summed E-state index contributed by atoms with van der Waals surface area (Å²) in [5.74, 6) is 1.41. The van der Waals surface area contributed by atoms with E-state index in [2.05, 4.69) is 6.92 Å². The molecule has 2 nitrogen and oxygen atoms in total. The lowest BCUT2D eigenvalue weighted by Crippen LogP contribution is -2.29. The number of carbonyl (C=O) groups excluding carboxylic acids is 1. The Balaban J connectivity index is 2.02. The van der Waals surface area contributed by atoms with Crippen molar-refractivity contribution < 1.29 is 9.53 Å². The lowest BCUT2D eigenvalue weighted by Gasteiger charge is -2.37. The van der Waals surface area contributed by atoms with Gasteiger partial charge in [-0.05, 0) is 49.4 Å². The monoisotopic (exact) mass is 206 g/mol. The van der Waals surface area contributed by atoms with Crippen molar-refractivity contribution in [2.75, 3.05) is 6.61 Å². The maximum atomic E-state index is 11.5. The van der Waals surface area contributed by atoms with Crippen molar-refractivity contribution in [2.45, 2.75) is 39.0 Å². The fourth-order valence-electron chi connectivity index (χ4n) is 3.96. The Morgan fingerprint density at radius 3 is 3.20 bits per heavy atom. The van der Waals surface area contributed by atoms with Crippen LogP contribution in [0.4, 0.5) is 0 Å². The van der Waals surface area contributed by atoms with E-state index in [0.717, 1.165) is 12.3 Å². The molecule has 0 saturated heterocycles. The molecule has 0 N–H and O–H groups in total. The SMILES string of the molecule is CC12CCCOC(=O)/C=C\1[C@H]1CC[C@@H]2C1. The molecule has 0 radical (unpaired) electrons. The average molecular weight is 206 g/mol. The minimum atomic E-state index is -0.108. The summed E-state index contributed by atoms with van der Waals surface area (Å²) in [6.45, 7) is 2.97. The molecule has 15 heavy (non-hydrogen) atoms. The number of hydrogen-bond acceptors (Lipinski definition) is 2. The molecule has 2 heteroatoms. The van der Waals surface area contributed by atoms with Crippen LogP contribution in [0.5, 0.6) is 0 Å². The Bertz CT molecular complexity index is 331. The molecular weight excluding hydrogens is 188 g/mol. The first-order chi connectivity index (χ1) is 7.20. The Morgan fingerprint density at radius 1 is 1.47 bits per heavy atom. The van der Waals surface area contributed by atoms with E-state index in [1.165, 1.54) is 31.3 Å². The van der Waals surface area contributed by atoms with Gasteiger partial charge in [0.15, 0.2) is 0 Å². The number of cyclic esters (lactones) is 1. The van der Waals surface area contributed by atoms with Gasteiger partial charge in [-0.1, -0.05) is 12.5 Å². The molecule has 0 aromatic carbocycles. The second kappa shape index (κ2) is 3.10. The van der Waals surface area contributed by atoms with E-state index in [1.807, 2.05) is 6.08 Å². The molecule has 2 bridgehead atoms. The fourth-order valence-corrected chi connectivity index (χ4v) is 3.96. The van der Waals surface area contributed by atoms with Gasteiger partial charge in [-0.25, -0.2) is 4.79 Å². The molecule has 0 amide bonds. The first kappa shape index (κ1) is 9.44. The van der Waals surface area contributed by atoms with Crippen LogP contribution in [0.15, 0.2) is 11.6 Å². The summed E-state index contributed by atoms with van der Waals surface area (Å²) in [4.78, 5) is 11.5. The van der Waals surface area contributed by atoms with Crippen LogP contribution >= 0.6 is 0 Å². The molecule has 82 valence electrons. The van der Waals surface area contributed by atoms with E-state index in [9.17, 15) is 4.79 Å². The van der Waals surface area contributed by atoms with Gasteiger partial charge >= 0.3 is 5.97 Å². The number of ether oxygens (including phenoxy) is 1. The Kier molecular flexibility index (Phi) is 1.95. The van der Waals surface area contributed by atoms with Gasteiger partial charge < -0.3 is 4.74 Å². The number of fused-ring (bicyclic) bond motifs is 5.